The van der Waals surface area contributed by atoms with Crippen LogP contribution in [-0.4, -0.2) is 60.1 Å². The first kappa shape index (κ1) is 34.5. The van der Waals surface area contributed by atoms with Crippen molar-refractivity contribution in [3.8, 4) is 5.75 Å². The van der Waals surface area contributed by atoms with Crippen molar-refractivity contribution in [2.75, 3.05) is 26.3 Å². The van der Waals surface area contributed by atoms with Crippen LogP contribution in [0.15, 0.2) is 24.3 Å². The zero-order chi connectivity index (χ0) is 29.7. The number of hydrogen-bond acceptors (Lipinski definition) is 6. The molecule has 0 saturated carbocycles. The molecule has 230 valence electrons. The van der Waals surface area contributed by atoms with Gasteiger partial charge in [0.25, 0.3) is 5.91 Å². The maximum Gasteiger partial charge on any atom is 0.308 e. The normalized spacial score (nSPS) is 14.8. The third-order valence-corrected chi connectivity index (χ3v) is 7.65. The quantitative estimate of drug-likeness (QED) is 0.104. The maximum absolute atomic E-state index is 12.8. The number of benzene rings is 1. The number of piperazine rings is 1. The van der Waals surface area contributed by atoms with Crippen molar-refractivity contribution in [2.24, 2.45) is 0 Å². The van der Waals surface area contributed by atoms with Gasteiger partial charge in [0.15, 0.2) is 5.11 Å². The molecule has 8 nitrogen and oxygen atoms in total. The van der Waals surface area contributed by atoms with E-state index in [4.69, 9.17) is 21.7 Å². The monoisotopic (exact) mass is 589 g/mol. The number of hydrogen-bond donors (Lipinski definition) is 2. The molecule has 41 heavy (non-hydrogen) atoms. The van der Waals surface area contributed by atoms with E-state index in [0.717, 1.165) is 32.1 Å². The Morgan fingerprint density at radius 2 is 1.44 bits per heavy atom. The summed E-state index contributed by atoms with van der Waals surface area (Å²) in [7, 11) is 0. The molecular formula is C32H51N3O5S. The second-order valence-corrected chi connectivity index (χ2v) is 11.2. The van der Waals surface area contributed by atoms with Crippen molar-refractivity contribution < 1.29 is 23.9 Å². The van der Waals surface area contributed by atoms with Crippen LogP contribution in [-0.2, 0) is 14.3 Å². The van der Waals surface area contributed by atoms with Crippen molar-refractivity contribution in [2.45, 2.75) is 116 Å². The number of nitrogens with one attached hydrogen (secondary N) is 2. The molecule has 0 radical (unpaired) electrons. The Balaban J connectivity index is 1.72. The Morgan fingerprint density at radius 3 is 2.07 bits per heavy atom. The molecule has 2 amide bonds. The van der Waals surface area contributed by atoms with Gasteiger partial charge in [-0.15, -0.1) is 0 Å². The van der Waals surface area contributed by atoms with E-state index in [-0.39, 0.29) is 23.3 Å². The minimum absolute atomic E-state index is 0.119. The molecule has 2 N–H and O–H groups in total. The Morgan fingerprint density at radius 1 is 0.878 bits per heavy atom. The Labute approximate surface area is 252 Å². The number of nitrogens with zero attached hydrogens (tertiary/aromatic N) is 1. The van der Waals surface area contributed by atoms with Crippen LogP contribution in [0.4, 0.5) is 0 Å². The lowest BCUT2D eigenvalue weighted by Crippen LogP contribution is -2.60. The van der Waals surface area contributed by atoms with Gasteiger partial charge in [-0.05, 0) is 49.3 Å². The van der Waals surface area contributed by atoms with Gasteiger partial charge in [0, 0.05) is 18.7 Å². The van der Waals surface area contributed by atoms with Gasteiger partial charge in [0.2, 0.25) is 5.91 Å². The highest BCUT2D eigenvalue weighted by Gasteiger charge is 2.34. The van der Waals surface area contributed by atoms with Crippen molar-refractivity contribution in [3.63, 3.8) is 0 Å². The average Bonchev–Trinajstić information content (AvgIpc) is 2.97. The smallest absolute Gasteiger partial charge is 0.308 e. The van der Waals surface area contributed by atoms with Crippen LogP contribution in [0.1, 0.15) is 121 Å². The first-order valence-corrected chi connectivity index (χ1v) is 16.1. The number of amides is 2. The molecule has 0 aliphatic carbocycles. The number of thiocarbonyl (C=S) groups is 1. The molecule has 9 heteroatoms. The molecule has 1 atom stereocenters. The van der Waals surface area contributed by atoms with Gasteiger partial charge < -0.3 is 19.7 Å². The Kier molecular flexibility index (Phi) is 17.8. The number of carbonyl (C=O) groups excluding carboxylic acids is 3. The van der Waals surface area contributed by atoms with Gasteiger partial charge in [-0.25, -0.2) is 0 Å². The summed E-state index contributed by atoms with van der Waals surface area (Å²) < 4.78 is 11.2. The van der Waals surface area contributed by atoms with E-state index in [1.165, 1.54) is 57.8 Å². The lowest BCUT2D eigenvalue weighted by atomic mass is 10.1. The Hall–Kier alpha value is -2.68. The summed E-state index contributed by atoms with van der Waals surface area (Å²) in [5.74, 6) is -0.404. The highest BCUT2D eigenvalue weighted by atomic mass is 32.1. The second-order valence-electron chi connectivity index (χ2n) is 10.8. The molecule has 1 fully saturated rings. The van der Waals surface area contributed by atoms with Gasteiger partial charge >= 0.3 is 5.97 Å². The predicted octanol–water partition coefficient (Wildman–Crippen LogP) is 6.32. The maximum atomic E-state index is 12.8. The zero-order valence-corrected chi connectivity index (χ0v) is 26.0. The SMILES string of the molecule is CCCCCCCCCCCCOC(=O)CC1C(=O)NCCN1C(=S)NC(=O)c1ccc(OCCCCCC)cc1. The first-order valence-electron chi connectivity index (χ1n) is 15.7. The molecule has 1 saturated heterocycles. The molecule has 0 aromatic heterocycles. The molecule has 1 unspecified atom stereocenters. The average molecular weight is 590 g/mol. The van der Waals surface area contributed by atoms with Gasteiger partial charge in [0.05, 0.1) is 19.6 Å². The summed E-state index contributed by atoms with van der Waals surface area (Å²) >= 11 is 5.47. The van der Waals surface area contributed by atoms with Crippen LogP contribution in [0, 0.1) is 0 Å². The summed E-state index contributed by atoms with van der Waals surface area (Å²) in [4.78, 5) is 39.5. The molecular weight excluding hydrogens is 538 g/mol. The fraction of sp³-hybridized carbons (Fsp3) is 0.688. The minimum Gasteiger partial charge on any atom is -0.494 e. The summed E-state index contributed by atoms with van der Waals surface area (Å²) in [6, 6.07) is 6.08. The third-order valence-electron chi connectivity index (χ3n) is 7.32. The fourth-order valence-corrected chi connectivity index (χ4v) is 5.13. The topological polar surface area (TPSA) is 97.0 Å². The number of rotatable bonds is 20. The van der Waals surface area contributed by atoms with Crippen molar-refractivity contribution in [3.05, 3.63) is 29.8 Å². The van der Waals surface area contributed by atoms with Gasteiger partial charge in [-0.1, -0.05) is 90.9 Å². The molecule has 2 rings (SSSR count). The van der Waals surface area contributed by atoms with Crippen LogP contribution in [0.2, 0.25) is 0 Å². The molecule has 0 spiro atoms. The van der Waals surface area contributed by atoms with E-state index < -0.39 is 12.0 Å². The van der Waals surface area contributed by atoms with Crippen LogP contribution in [0.25, 0.3) is 0 Å². The second kappa shape index (κ2) is 21.1. The fourth-order valence-electron chi connectivity index (χ4n) is 4.82. The van der Waals surface area contributed by atoms with E-state index in [0.29, 0.717) is 37.6 Å². The van der Waals surface area contributed by atoms with E-state index >= 15 is 0 Å². The lowest BCUT2D eigenvalue weighted by molar-refractivity contribution is -0.147. The van der Waals surface area contributed by atoms with Crippen molar-refractivity contribution in [1.82, 2.24) is 15.5 Å². The summed E-state index contributed by atoms with van der Waals surface area (Å²) in [5.41, 5.74) is 0.430. The highest BCUT2D eigenvalue weighted by Crippen LogP contribution is 2.15. The van der Waals surface area contributed by atoms with Crippen LogP contribution in [0.3, 0.4) is 0 Å². The van der Waals surface area contributed by atoms with E-state index in [1.54, 1.807) is 29.2 Å². The third kappa shape index (κ3) is 14.2. The van der Waals surface area contributed by atoms with Crippen LogP contribution >= 0.6 is 12.2 Å². The minimum atomic E-state index is -0.819. The summed E-state index contributed by atoms with van der Waals surface area (Å²) in [6.07, 6.45) is 16.4. The number of carbonyl (C=O) groups is 3. The lowest BCUT2D eigenvalue weighted by Gasteiger charge is -2.36. The van der Waals surface area contributed by atoms with E-state index in [2.05, 4.69) is 24.5 Å². The molecule has 1 aromatic carbocycles. The Bertz CT molecular complexity index is 924. The van der Waals surface area contributed by atoms with Gasteiger partial charge in [-0.2, -0.15) is 0 Å². The molecule has 1 aliphatic heterocycles. The van der Waals surface area contributed by atoms with E-state index in [1.807, 2.05) is 0 Å². The predicted molar refractivity (Wildman–Crippen MR) is 167 cm³/mol. The van der Waals surface area contributed by atoms with E-state index in [9.17, 15) is 14.4 Å². The van der Waals surface area contributed by atoms with Crippen molar-refractivity contribution in [1.29, 1.82) is 0 Å². The highest BCUT2D eigenvalue weighted by molar-refractivity contribution is 7.80. The number of esters is 1. The van der Waals surface area contributed by atoms with Crippen molar-refractivity contribution >= 4 is 35.1 Å². The molecule has 0 bridgehead atoms. The number of ether oxygens (including phenoxy) is 2. The molecule has 1 aliphatic rings. The summed E-state index contributed by atoms with van der Waals surface area (Å²) in [6.45, 7) is 6.18. The van der Waals surface area contributed by atoms with Gasteiger partial charge in [-0.3, -0.25) is 19.7 Å². The van der Waals surface area contributed by atoms with Crippen LogP contribution in [0.5, 0.6) is 5.75 Å². The standard InChI is InChI=1S/C32H51N3O5S/c1-3-5-7-9-10-11-12-13-14-16-24-40-29(36)25-28-31(38)33-21-22-35(28)32(41)34-30(37)26-17-19-27(20-18-26)39-23-15-8-6-4-2/h17-20,28H,3-16,21-25H2,1-2H3,(H,33,38)(H,34,37,41). The molecule has 1 aromatic rings. The number of unbranched alkanes of at least 4 members (excludes halogenated alkanes) is 12. The first-order chi connectivity index (χ1) is 20.0. The summed E-state index contributed by atoms with van der Waals surface area (Å²) in [5, 5.41) is 5.61. The van der Waals surface area contributed by atoms with Gasteiger partial charge in [0.1, 0.15) is 11.8 Å². The molecule has 1 heterocycles. The largest absolute Gasteiger partial charge is 0.494 e. The van der Waals surface area contributed by atoms with Crippen LogP contribution < -0.4 is 15.4 Å². The zero-order valence-electron chi connectivity index (χ0n) is 25.2.